The lowest BCUT2D eigenvalue weighted by Crippen LogP contribution is -2.12. The second kappa shape index (κ2) is 7.14. The van der Waals surface area contributed by atoms with E-state index in [1.807, 2.05) is 24.4 Å². The largest absolute Gasteiger partial charge is 0.507 e. The molecule has 2 aromatic carbocycles. The fourth-order valence-corrected chi connectivity index (χ4v) is 4.67. The molecule has 0 aromatic heterocycles. The molecule has 0 saturated heterocycles. The summed E-state index contributed by atoms with van der Waals surface area (Å²) in [6, 6.07) is 8.48. The molecule has 142 valence electrons. The normalized spacial score (nSPS) is 17.0. The first-order valence-corrected chi connectivity index (χ1v) is 10.5. The fraction of sp³-hybridized carbons (Fsp3) is 0.480. The lowest BCUT2D eigenvalue weighted by molar-refractivity contribution is 0.446. The Morgan fingerprint density at radius 1 is 0.889 bits per heavy atom. The number of aryl methyl sites for hydroxylation is 2. The summed E-state index contributed by atoms with van der Waals surface area (Å²) in [5.74, 6) is 0.368. The molecule has 0 fully saturated rings. The molecular formula is C25H31NO. The van der Waals surface area contributed by atoms with Crippen molar-refractivity contribution in [2.24, 2.45) is 4.99 Å². The van der Waals surface area contributed by atoms with Gasteiger partial charge in [-0.15, -0.1) is 0 Å². The van der Waals surface area contributed by atoms with Gasteiger partial charge in [-0.1, -0.05) is 39.0 Å². The molecule has 0 heterocycles. The minimum Gasteiger partial charge on any atom is -0.507 e. The van der Waals surface area contributed by atoms with Crippen LogP contribution in [0.1, 0.15) is 79.8 Å². The summed E-state index contributed by atoms with van der Waals surface area (Å²) >= 11 is 0. The van der Waals surface area contributed by atoms with Crippen LogP contribution in [0.3, 0.4) is 0 Å². The first-order chi connectivity index (χ1) is 12.9. The Balaban J connectivity index is 1.79. The molecule has 0 amide bonds. The van der Waals surface area contributed by atoms with E-state index in [2.05, 4.69) is 26.8 Å². The number of phenolic OH excluding ortho intramolecular Hbond substituents is 1. The smallest absolute Gasteiger partial charge is 0.128 e. The Morgan fingerprint density at radius 2 is 1.48 bits per heavy atom. The van der Waals surface area contributed by atoms with Gasteiger partial charge in [0.2, 0.25) is 0 Å². The Morgan fingerprint density at radius 3 is 2.07 bits per heavy atom. The molecule has 0 atom stereocenters. The minimum atomic E-state index is -0.0843. The molecule has 2 aliphatic carbocycles. The van der Waals surface area contributed by atoms with E-state index in [1.54, 1.807) is 0 Å². The van der Waals surface area contributed by atoms with Crippen molar-refractivity contribution in [2.75, 3.05) is 0 Å². The van der Waals surface area contributed by atoms with Gasteiger partial charge in [-0.2, -0.15) is 0 Å². The summed E-state index contributed by atoms with van der Waals surface area (Å²) in [5, 5.41) is 10.8. The molecule has 2 heteroatoms. The first kappa shape index (κ1) is 18.3. The van der Waals surface area contributed by atoms with E-state index in [9.17, 15) is 5.11 Å². The summed E-state index contributed by atoms with van der Waals surface area (Å²) < 4.78 is 0. The van der Waals surface area contributed by atoms with Crippen molar-refractivity contribution in [1.29, 1.82) is 0 Å². The number of nitrogens with zero attached hydrogens (tertiary/aromatic N) is 1. The van der Waals surface area contributed by atoms with E-state index in [4.69, 9.17) is 4.99 Å². The molecule has 0 unspecified atom stereocenters. The van der Waals surface area contributed by atoms with Gasteiger partial charge < -0.3 is 5.11 Å². The molecule has 0 spiro atoms. The molecule has 0 bridgehead atoms. The van der Waals surface area contributed by atoms with Gasteiger partial charge in [0.25, 0.3) is 0 Å². The zero-order valence-corrected chi connectivity index (χ0v) is 16.9. The summed E-state index contributed by atoms with van der Waals surface area (Å²) in [7, 11) is 0. The maximum Gasteiger partial charge on any atom is 0.128 e. The van der Waals surface area contributed by atoms with Crippen molar-refractivity contribution in [3.8, 4) is 5.75 Å². The number of para-hydroxylation sites is 1. The molecule has 2 aromatic rings. The Hall–Kier alpha value is -2.09. The van der Waals surface area contributed by atoms with Crippen LogP contribution in [0.2, 0.25) is 0 Å². The highest BCUT2D eigenvalue weighted by molar-refractivity contribution is 5.87. The predicted molar refractivity (Wildman–Crippen MR) is 114 cm³/mol. The van der Waals surface area contributed by atoms with Crippen molar-refractivity contribution in [3.63, 3.8) is 0 Å². The third kappa shape index (κ3) is 3.54. The summed E-state index contributed by atoms with van der Waals surface area (Å²) in [4.78, 5) is 5.00. The van der Waals surface area contributed by atoms with Gasteiger partial charge in [-0.3, -0.25) is 4.99 Å². The summed E-state index contributed by atoms with van der Waals surface area (Å²) in [6.07, 6.45) is 11.7. The van der Waals surface area contributed by atoms with E-state index < -0.39 is 0 Å². The molecule has 4 rings (SSSR count). The van der Waals surface area contributed by atoms with Crippen molar-refractivity contribution in [3.05, 3.63) is 57.6 Å². The molecule has 1 N–H and O–H groups in total. The van der Waals surface area contributed by atoms with Gasteiger partial charge in [0.05, 0.1) is 5.69 Å². The summed E-state index contributed by atoms with van der Waals surface area (Å²) in [5.41, 5.74) is 8.88. The van der Waals surface area contributed by atoms with Crippen LogP contribution >= 0.6 is 0 Å². The highest BCUT2D eigenvalue weighted by atomic mass is 16.3. The number of rotatable bonds is 2. The van der Waals surface area contributed by atoms with Gasteiger partial charge >= 0.3 is 0 Å². The molecule has 2 aliphatic rings. The maximum atomic E-state index is 10.8. The van der Waals surface area contributed by atoms with E-state index in [1.165, 1.54) is 66.5 Å². The van der Waals surface area contributed by atoms with E-state index in [0.29, 0.717) is 5.75 Å². The van der Waals surface area contributed by atoms with E-state index >= 15 is 0 Å². The lowest BCUT2D eigenvalue weighted by atomic mass is 9.81. The number of fused-ring (bicyclic) bond motifs is 2. The monoisotopic (exact) mass is 361 g/mol. The number of aliphatic imine (C=N–C) groups is 1. The maximum absolute atomic E-state index is 10.8. The predicted octanol–water partition coefficient (Wildman–Crippen LogP) is 6.20. The number of phenols is 1. The number of hydrogen-bond acceptors (Lipinski definition) is 2. The topological polar surface area (TPSA) is 32.6 Å². The zero-order chi connectivity index (χ0) is 19.0. The molecule has 0 aliphatic heterocycles. The van der Waals surface area contributed by atoms with Crippen LogP contribution in [0.5, 0.6) is 5.75 Å². The average molecular weight is 362 g/mol. The van der Waals surface area contributed by atoms with Crippen LogP contribution in [0, 0.1) is 0 Å². The van der Waals surface area contributed by atoms with Crippen molar-refractivity contribution in [2.45, 2.75) is 77.6 Å². The van der Waals surface area contributed by atoms with Crippen molar-refractivity contribution in [1.82, 2.24) is 0 Å². The fourth-order valence-electron chi connectivity index (χ4n) is 4.67. The van der Waals surface area contributed by atoms with Crippen LogP contribution in [0.15, 0.2) is 29.3 Å². The molecule has 2 nitrogen and oxygen atoms in total. The highest BCUT2D eigenvalue weighted by Gasteiger charge is 2.22. The Labute approximate surface area is 163 Å². The zero-order valence-electron chi connectivity index (χ0n) is 16.9. The van der Waals surface area contributed by atoms with Gasteiger partial charge in [0.15, 0.2) is 0 Å². The SMILES string of the molecule is CC(C)(C)c1cccc(C=Nc2c3c(cc4c2CCCC4)CCCC3)c1O. The quantitative estimate of drug-likeness (QED) is 0.635. The number of benzene rings is 2. The molecular weight excluding hydrogens is 330 g/mol. The number of aromatic hydroxyl groups is 1. The number of hydrogen-bond donors (Lipinski definition) is 1. The van der Waals surface area contributed by atoms with Crippen LogP contribution in [0.4, 0.5) is 5.69 Å². The van der Waals surface area contributed by atoms with E-state index in [0.717, 1.165) is 24.0 Å². The molecule has 0 radical (unpaired) electrons. The van der Waals surface area contributed by atoms with Gasteiger partial charge in [-0.05, 0) is 90.7 Å². The second-order valence-electron chi connectivity index (χ2n) is 9.17. The lowest BCUT2D eigenvalue weighted by Gasteiger charge is -2.25. The van der Waals surface area contributed by atoms with Gasteiger partial charge in [0, 0.05) is 11.8 Å². The second-order valence-corrected chi connectivity index (χ2v) is 9.17. The Bertz CT molecular complexity index is 852. The van der Waals surface area contributed by atoms with Crippen molar-refractivity contribution < 1.29 is 5.11 Å². The van der Waals surface area contributed by atoms with Crippen molar-refractivity contribution >= 4 is 11.9 Å². The Kier molecular flexibility index (Phi) is 4.84. The summed E-state index contributed by atoms with van der Waals surface area (Å²) in [6.45, 7) is 6.40. The van der Waals surface area contributed by atoms with Gasteiger partial charge in [0.1, 0.15) is 5.75 Å². The molecule has 0 saturated carbocycles. The standard InChI is InChI=1S/C25H31NO/c1-25(2,3)22-14-8-11-19(24(22)27)16-26-23-20-12-6-4-9-17(20)15-18-10-5-7-13-21(18)23/h8,11,14-16,27H,4-7,9-10,12-13H2,1-3H3. The van der Waals surface area contributed by atoms with Crippen LogP contribution in [-0.2, 0) is 31.1 Å². The molecule has 27 heavy (non-hydrogen) atoms. The highest BCUT2D eigenvalue weighted by Crippen LogP contribution is 2.39. The van der Waals surface area contributed by atoms with Crippen LogP contribution in [-0.4, -0.2) is 11.3 Å². The van der Waals surface area contributed by atoms with E-state index in [-0.39, 0.29) is 5.41 Å². The third-order valence-electron chi connectivity index (χ3n) is 6.15. The third-order valence-corrected chi connectivity index (χ3v) is 6.15. The first-order valence-electron chi connectivity index (χ1n) is 10.5. The average Bonchev–Trinajstić information content (AvgIpc) is 2.65. The van der Waals surface area contributed by atoms with Crippen LogP contribution < -0.4 is 0 Å². The minimum absolute atomic E-state index is 0.0843. The van der Waals surface area contributed by atoms with Gasteiger partial charge in [-0.25, -0.2) is 0 Å². The van der Waals surface area contributed by atoms with Crippen LogP contribution in [0.25, 0.3) is 0 Å².